The zero-order valence-electron chi connectivity index (χ0n) is 9.93. The van der Waals surface area contributed by atoms with E-state index < -0.39 is 0 Å². The molecular weight excluding hydrogens is 218 g/mol. The molecule has 1 aliphatic rings. The van der Waals surface area contributed by atoms with Gasteiger partial charge >= 0.3 is 0 Å². The van der Waals surface area contributed by atoms with Gasteiger partial charge in [0, 0.05) is 25.2 Å². The molecule has 2 rings (SSSR count). The molecule has 6 heteroatoms. The van der Waals surface area contributed by atoms with Crippen LogP contribution in [0.5, 0.6) is 0 Å². The Hall–Kier alpha value is -1.43. The third-order valence-electron chi connectivity index (χ3n) is 3.02. The molecular formula is C11H19N5O. The van der Waals surface area contributed by atoms with Gasteiger partial charge < -0.3 is 10.6 Å². The normalized spacial score (nSPS) is 19.4. The molecule has 0 spiro atoms. The Morgan fingerprint density at radius 2 is 2.53 bits per heavy atom. The lowest BCUT2D eigenvalue weighted by Gasteiger charge is -2.10. The molecule has 0 aliphatic carbocycles. The second-order valence-electron chi connectivity index (χ2n) is 4.35. The highest BCUT2D eigenvalue weighted by atomic mass is 16.1. The molecule has 1 saturated heterocycles. The Morgan fingerprint density at radius 3 is 3.24 bits per heavy atom. The van der Waals surface area contributed by atoms with Gasteiger partial charge in [-0.25, -0.2) is 0 Å². The van der Waals surface area contributed by atoms with Gasteiger partial charge in [-0.05, 0) is 25.8 Å². The molecule has 0 bridgehead atoms. The molecule has 1 fully saturated rings. The number of nitrogens with one attached hydrogen (secondary N) is 2. The van der Waals surface area contributed by atoms with Crippen molar-refractivity contribution in [3.8, 4) is 0 Å². The molecule has 0 saturated carbocycles. The Labute approximate surface area is 101 Å². The van der Waals surface area contributed by atoms with Crippen LogP contribution in [0.4, 0.5) is 0 Å². The van der Waals surface area contributed by atoms with Gasteiger partial charge in [0.05, 0.1) is 12.7 Å². The molecule has 1 atom stereocenters. The molecule has 1 aromatic rings. The van der Waals surface area contributed by atoms with E-state index in [2.05, 4.69) is 20.9 Å². The standard InChI is InChI=1S/C11H19N5O/c17-11(4-8-16-9-7-14-15-16)13-6-3-10-2-1-5-12-10/h7,9-10,12H,1-6,8H2,(H,13,17). The lowest BCUT2D eigenvalue weighted by molar-refractivity contribution is -0.121. The minimum Gasteiger partial charge on any atom is -0.356 e. The highest BCUT2D eigenvalue weighted by molar-refractivity contribution is 5.75. The summed E-state index contributed by atoms with van der Waals surface area (Å²) in [6, 6.07) is 0.589. The van der Waals surface area contributed by atoms with E-state index in [1.54, 1.807) is 17.1 Å². The number of hydrogen-bond acceptors (Lipinski definition) is 4. The second kappa shape index (κ2) is 6.34. The van der Waals surface area contributed by atoms with E-state index in [1.165, 1.54) is 12.8 Å². The van der Waals surface area contributed by atoms with Crippen LogP contribution >= 0.6 is 0 Å². The summed E-state index contributed by atoms with van der Waals surface area (Å²) >= 11 is 0. The van der Waals surface area contributed by atoms with Crippen molar-refractivity contribution < 1.29 is 4.79 Å². The summed E-state index contributed by atoms with van der Waals surface area (Å²) in [6.45, 7) is 2.46. The van der Waals surface area contributed by atoms with E-state index in [-0.39, 0.29) is 5.91 Å². The summed E-state index contributed by atoms with van der Waals surface area (Å²) in [5, 5.41) is 13.8. The van der Waals surface area contributed by atoms with Crippen molar-refractivity contribution in [2.75, 3.05) is 13.1 Å². The third-order valence-corrected chi connectivity index (χ3v) is 3.02. The van der Waals surface area contributed by atoms with Crippen LogP contribution in [-0.4, -0.2) is 40.0 Å². The van der Waals surface area contributed by atoms with Gasteiger partial charge in [0.15, 0.2) is 0 Å². The number of carbonyl (C=O) groups excluding carboxylic acids is 1. The number of hydrogen-bond donors (Lipinski definition) is 2. The topological polar surface area (TPSA) is 71.8 Å². The first-order valence-electron chi connectivity index (χ1n) is 6.19. The van der Waals surface area contributed by atoms with E-state index in [4.69, 9.17) is 0 Å². The summed E-state index contributed by atoms with van der Waals surface area (Å²) < 4.78 is 1.66. The maximum atomic E-state index is 11.5. The largest absolute Gasteiger partial charge is 0.356 e. The smallest absolute Gasteiger partial charge is 0.221 e. The minimum absolute atomic E-state index is 0.0819. The number of nitrogens with zero attached hydrogens (tertiary/aromatic N) is 3. The first-order valence-corrected chi connectivity index (χ1v) is 6.19. The van der Waals surface area contributed by atoms with Crippen molar-refractivity contribution >= 4 is 5.91 Å². The molecule has 1 unspecified atom stereocenters. The van der Waals surface area contributed by atoms with Gasteiger partial charge in [0.2, 0.25) is 5.91 Å². The maximum Gasteiger partial charge on any atom is 0.221 e. The molecule has 6 nitrogen and oxygen atoms in total. The number of aromatic nitrogens is 3. The molecule has 2 N–H and O–H groups in total. The second-order valence-corrected chi connectivity index (χ2v) is 4.35. The Kier molecular flexibility index (Phi) is 4.49. The lowest BCUT2D eigenvalue weighted by Crippen LogP contribution is -2.31. The summed E-state index contributed by atoms with van der Waals surface area (Å²) in [4.78, 5) is 11.5. The van der Waals surface area contributed by atoms with Crippen molar-refractivity contribution in [3.63, 3.8) is 0 Å². The molecule has 0 aromatic carbocycles. The van der Waals surface area contributed by atoms with E-state index in [0.29, 0.717) is 19.0 Å². The quantitative estimate of drug-likeness (QED) is 0.726. The molecule has 1 amide bonds. The highest BCUT2D eigenvalue weighted by Crippen LogP contribution is 2.07. The predicted molar refractivity (Wildman–Crippen MR) is 63.3 cm³/mol. The van der Waals surface area contributed by atoms with E-state index in [1.807, 2.05) is 0 Å². The van der Waals surface area contributed by atoms with Crippen LogP contribution in [-0.2, 0) is 11.3 Å². The average molecular weight is 237 g/mol. The zero-order chi connectivity index (χ0) is 11.9. The first kappa shape index (κ1) is 12.0. The Bertz CT molecular complexity index is 332. The van der Waals surface area contributed by atoms with Gasteiger partial charge in [0.1, 0.15) is 0 Å². The molecule has 1 aliphatic heterocycles. The zero-order valence-corrected chi connectivity index (χ0v) is 9.93. The molecule has 2 heterocycles. The van der Waals surface area contributed by atoms with Crippen LogP contribution in [0.1, 0.15) is 25.7 Å². The van der Waals surface area contributed by atoms with Crippen molar-refractivity contribution in [1.29, 1.82) is 0 Å². The first-order chi connectivity index (χ1) is 8.34. The van der Waals surface area contributed by atoms with Crippen molar-refractivity contribution in [1.82, 2.24) is 25.6 Å². The average Bonchev–Trinajstić information content (AvgIpc) is 2.99. The predicted octanol–water partition coefficient (Wildman–Crippen LogP) is -0.0735. The van der Waals surface area contributed by atoms with Crippen LogP contribution < -0.4 is 10.6 Å². The lowest BCUT2D eigenvalue weighted by atomic mass is 10.1. The van der Waals surface area contributed by atoms with Crippen LogP contribution in [0, 0.1) is 0 Å². The van der Waals surface area contributed by atoms with Gasteiger partial charge in [-0.2, -0.15) is 0 Å². The van der Waals surface area contributed by atoms with Crippen molar-refractivity contribution in [3.05, 3.63) is 12.4 Å². The van der Waals surface area contributed by atoms with Crippen molar-refractivity contribution in [2.24, 2.45) is 0 Å². The number of amides is 1. The van der Waals surface area contributed by atoms with Crippen LogP contribution in [0.2, 0.25) is 0 Å². The SMILES string of the molecule is O=C(CCn1ccnn1)NCCC1CCCN1. The summed E-state index contributed by atoms with van der Waals surface area (Å²) in [6.07, 6.45) is 7.34. The molecule has 0 radical (unpaired) electrons. The minimum atomic E-state index is 0.0819. The van der Waals surface area contributed by atoms with E-state index >= 15 is 0 Å². The van der Waals surface area contributed by atoms with Gasteiger partial charge in [-0.3, -0.25) is 9.48 Å². The number of rotatable bonds is 6. The van der Waals surface area contributed by atoms with E-state index in [0.717, 1.165) is 19.5 Å². The van der Waals surface area contributed by atoms with Gasteiger partial charge in [-0.15, -0.1) is 5.10 Å². The van der Waals surface area contributed by atoms with Gasteiger partial charge in [0.25, 0.3) is 0 Å². The number of aryl methyl sites for hydroxylation is 1. The van der Waals surface area contributed by atoms with Crippen LogP contribution in [0.25, 0.3) is 0 Å². The summed E-state index contributed by atoms with van der Waals surface area (Å²) in [7, 11) is 0. The van der Waals surface area contributed by atoms with Gasteiger partial charge in [-0.1, -0.05) is 5.21 Å². The summed E-state index contributed by atoms with van der Waals surface area (Å²) in [5.41, 5.74) is 0. The fraction of sp³-hybridized carbons (Fsp3) is 0.727. The van der Waals surface area contributed by atoms with Crippen LogP contribution in [0.3, 0.4) is 0 Å². The third kappa shape index (κ3) is 4.14. The molecule has 94 valence electrons. The van der Waals surface area contributed by atoms with Crippen molar-refractivity contribution in [2.45, 2.75) is 38.3 Å². The monoisotopic (exact) mass is 237 g/mol. The van der Waals surface area contributed by atoms with Crippen LogP contribution in [0.15, 0.2) is 12.4 Å². The summed E-state index contributed by atoms with van der Waals surface area (Å²) in [5.74, 6) is 0.0819. The Balaban J connectivity index is 1.54. The fourth-order valence-electron chi connectivity index (χ4n) is 2.05. The Morgan fingerprint density at radius 1 is 1.59 bits per heavy atom. The van der Waals surface area contributed by atoms with E-state index in [9.17, 15) is 4.79 Å². The molecule has 1 aromatic heterocycles. The number of carbonyl (C=O) groups is 1. The fourth-order valence-corrected chi connectivity index (χ4v) is 2.05. The molecule has 17 heavy (non-hydrogen) atoms. The maximum absolute atomic E-state index is 11.5. The highest BCUT2D eigenvalue weighted by Gasteiger charge is 2.13.